The minimum atomic E-state index is -3.45. The predicted octanol–water partition coefficient (Wildman–Crippen LogP) is 7.22. The Labute approximate surface area is 348 Å². The Balaban J connectivity index is 1.30. The number of hydrogen-bond donors (Lipinski definition) is 0. The molecule has 1 saturated heterocycles. The number of rotatable bonds is 12. The molecule has 0 unspecified atom stereocenters. The Morgan fingerprint density at radius 1 is 0.915 bits per heavy atom. The van der Waals surface area contributed by atoms with Gasteiger partial charge in [0.05, 0.1) is 36.2 Å². The number of methoxy groups -OCH3 is 1. The molecular weight excluding hydrogens is 783 g/mol. The van der Waals surface area contributed by atoms with Crippen LogP contribution in [0, 0.1) is 18.8 Å². The van der Waals surface area contributed by atoms with Gasteiger partial charge in [0.2, 0.25) is 5.89 Å². The van der Waals surface area contributed by atoms with Crippen LogP contribution in [0.25, 0.3) is 21.0 Å². The summed E-state index contributed by atoms with van der Waals surface area (Å²) in [6, 6.07) is 27.3. The van der Waals surface area contributed by atoms with E-state index >= 15 is 14.4 Å². The third kappa shape index (κ3) is 7.11. The lowest BCUT2D eigenvalue weighted by atomic mass is 10.0. The van der Waals surface area contributed by atoms with Crippen molar-refractivity contribution in [3.8, 4) is 16.5 Å². The van der Waals surface area contributed by atoms with Gasteiger partial charge < -0.3 is 23.1 Å². The second kappa shape index (κ2) is 15.8. The summed E-state index contributed by atoms with van der Waals surface area (Å²) in [5.41, 5.74) is -1.66. The lowest BCUT2D eigenvalue weighted by molar-refractivity contribution is -0.144. The molecule has 3 aromatic heterocycles. The SMILES string of the molecule is COc1ccccc1[C@H](Cn1c(=O)n(C(C)(C)C(=O)O[Si](c2ccccc2)(c2ccccc2)C(C)(C)C)c(=O)c2c(C)c(-c3ncco3)sc21)OC1C[C@@H]2COC[C@H]2C1. The number of oxazole rings is 1. The van der Waals surface area contributed by atoms with Crippen molar-refractivity contribution in [3.05, 3.63) is 129 Å². The van der Waals surface area contributed by atoms with Crippen molar-refractivity contribution in [1.82, 2.24) is 14.1 Å². The number of ether oxygens (including phenoxy) is 3. The summed E-state index contributed by atoms with van der Waals surface area (Å²) in [4.78, 5) is 51.1. The zero-order chi connectivity index (χ0) is 41.7. The second-order valence-corrected chi connectivity index (χ2v) is 22.5. The fraction of sp³-hybridized carbons (Fsp3) is 0.391. The molecule has 1 aliphatic heterocycles. The number of nitrogens with zero attached hydrogens (tertiary/aromatic N) is 3. The van der Waals surface area contributed by atoms with Crippen LogP contribution in [0.4, 0.5) is 0 Å². The highest BCUT2D eigenvalue weighted by molar-refractivity contribution is 7.22. The van der Waals surface area contributed by atoms with Crippen LogP contribution in [0.3, 0.4) is 0 Å². The maximum absolute atomic E-state index is 15.4. The van der Waals surface area contributed by atoms with Crippen molar-refractivity contribution >= 4 is 46.2 Å². The molecular formula is C46H51N3O8SSi. The lowest BCUT2D eigenvalue weighted by Crippen LogP contribution is -2.69. The molecule has 4 heterocycles. The first-order valence-electron chi connectivity index (χ1n) is 20.2. The van der Waals surface area contributed by atoms with E-state index in [9.17, 15) is 0 Å². The molecule has 11 nitrogen and oxygen atoms in total. The fourth-order valence-electron chi connectivity index (χ4n) is 9.14. The maximum atomic E-state index is 15.4. The van der Waals surface area contributed by atoms with Gasteiger partial charge in [-0.05, 0) is 72.5 Å². The van der Waals surface area contributed by atoms with E-state index in [1.807, 2.05) is 91.9 Å². The highest BCUT2D eigenvalue weighted by Gasteiger charge is 2.55. The molecule has 1 aliphatic carbocycles. The van der Waals surface area contributed by atoms with Gasteiger partial charge in [-0.1, -0.05) is 99.6 Å². The third-order valence-electron chi connectivity index (χ3n) is 12.2. The molecule has 0 amide bonds. The Bertz CT molecular complexity index is 2530. The number of hydrogen-bond acceptors (Lipinski definition) is 10. The van der Waals surface area contributed by atoms with Crippen LogP contribution in [-0.4, -0.2) is 54.8 Å². The molecule has 3 atom stereocenters. The van der Waals surface area contributed by atoms with Gasteiger partial charge in [-0.25, -0.2) is 14.3 Å². The van der Waals surface area contributed by atoms with Crippen molar-refractivity contribution in [2.24, 2.45) is 11.8 Å². The Morgan fingerprint density at radius 2 is 1.53 bits per heavy atom. The van der Waals surface area contributed by atoms with Gasteiger partial charge in [0.15, 0.2) is 0 Å². The first kappa shape index (κ1) is 40.7. The normalized spacial score (nSPS) is 17.9. The van der Waals surface area contributed by atoms with Crippen LogP contribution < -0.4 is 26.4 Å². The van der Waals surface area contributed by atoms with Gasteiger partial charge in [-0.3, -0.25) is 14.2 Å². The van der Waals surface area contributed by atoms with Crippen LogP contribution in [-0.2, 0) is 30.8 Å². The van der Waals surface area contributed by atoms with E-state index in [-0.39, 0.29) is 12.6 Å². The highest BCUT2D eigenvalue weighted by Crippen LogP contribution is 2.43. The van der Waals surface area contributed by atoms with Crippen molar-refractivity contribution in [2.45, 2.75) is 83.7 Å². The summed E-state index contributed by atoms with van der Waals surface area (Å²) in [6.07, 6.45) is 3.97. The van der Waals surface area contributed by atoms with Gasteiger partial charge in [-0.15, -0.1) is 11.3 Å². The van der Waals surface area contributed by atoms with Crippen LogP contribution in [0.2, 0.25) is 5.04 Å². The van der Waals surface area contributed by atoms with Gasteiger partial charge in [-0.2, -0.15) is 0 Å². The molecule has 2 fully saturated rings. The molecule has 0 radical (unpaired) electrons. The summed E-state index contributed by atoms with van der Waals surface area (Å²) in [6.45, 7) is 12.7. The first-order valence-corrected chi connectivity index (χ1v) is 22.9. The zero-order valence-electron chi connectivity index (χ0n) is 34.6. The molecule has 8 rings (SSSR count). The first-order chi connectivity index (χ1) is 28.3. The number of aryl methyl sites for hydroxylation is 1. The molecule has 59 heavy (non-hydrogen) atoms. The van der Waals surface area contributed by atoms with E-state index < -0.39 is 42.2 Å². The molecule has 3 aromatic carbocycles. The summed E-state index contributed by atoms with van der Waals surface area (Å²) >= 11 is 1.26. The van der Waals surface area contributed by atoms with Gasteiger partial charge in [0.25, 0.3) is 5.56 Å². The van der Waals surface area contributed by atoms with Crippen LogP contribution in [0.15, 0.2) is 111 Å². The van der Waals surface area contributed by atoms with Crippen LogP contribution >= 0.6 is 11.3 Å². The molecule has 0 N–H and O–H groups in total. The number of fused-ring (bicyclic) bond motifs is 2. The number of para-hydroxylation sites is 1. The average Bonchev–Trinajstić information content (AvgIpc) is 4.04. The van der Waals surface area contributed by atoms with Gasteiger partial charge >= 0.3 is 20.0 Å². The second-order valence-electron chi connectivity index (χ2n) is 17.2. The maximum Gasteiger partial charge on any atom is 0.333 e. The largest absolute Gasteiger partial charge is 0.508 e. The number of benzene rings is 3. The molecule has 6 aromatic rings. The Hall–Kier alpha value is -5.08. The topological polar surface area (TPSA) is 124 Å². The van der Waals surface area contributed by atoms with Crippen molar-refractivity contribution < 1.29 is 27.8 Å². The number of thiophene rings is 1. The van der Waals surface area contributed by atoms with E-state index in [1.165, 1.54) is 17.6 Å². The minimum Gasteiger partial charge on any atom is -0.508 e. The fourth-order valence-corrected chi connectivity index (χ4v) is 14.8. The number of carbonyl (C=O) groups is 1. The van der Waals surface area contributed by atoms with Gasteiger partial charge in [0, 0.05) is 18.8 Å². The van der Waals surface area contributed by atoms with Crippen molar-refractivity contribution in [3.63, 3.8) is 0 Å². The molecule has 0 bridgehead atoms. The third-order valence-corrected chi connectivity index (χ3v) is 18.4. The number of carbonyl (C=O) groups excluding carboxylic acids is 1. The average molecular weight is 834 g/mol. The Kier molecular flexibility index (Phi) is 10.9. The minimum absolute atomic E-state index is 0.0309. The standard InChI is InChI=1S/C46H51N3O8SSi/c1-29-38-41(50)49(46(5,6)43(51)57-59(45(2,3)4,33-16-10-8-11-17-33)34-18-12-9-13-19-34)44(52)48(42(38)58-39(29)40-47-22-23-55-40)26-37(35-20-14-15-21-36(35)53-7)56-32-24-30-27-54-28-31(30)25-32/h8-23,30-32,37H,24-28H2,1-7H3/t30-,31-,37+/m1/s1. The molecule has 0 spiro atoms. The molecule has 308 valence electrons. The van der Waals surface area contributed by atoms with Crippen molar-refractivity contribution in [1.29, 1.82) is 0 Å². The van der Waals surface area contributed by atoms with E-state index in [0.717, 1.165) is 33.3 Å². The summed E-state index contributed by atoms with van der Waals surface area (Å²) in [5.74, 6) is 1.10. The predicted molar refractivity (Wildman–Crippen MR) is 231 cm³/mol. The summed E-state index contributed by atoms with van der Waals surface area (Å²) in [7, 11) is -1.83. The molecule has 1 saturated carbocycles. The highest BCUT2D eigenvalue weighted by atomic mass is 32.1. The van der Waals surface area contributed by atoms with Gasteiger partial charge in [0.1, 0.15) is 28.5 Å². The summed E-state index contributed by atoms with van der Waals surface area (Å²) < 4.78 is 34.0. The quantitative estimate of drug-likeness (QED) is 0.118. The summed E-state index contributed by atoms with van der Waals surface area (Å²) in [5, 5.41) is 1.54. The lowest BCUT2D eigenvalue weighted by Gasteiger charge is -2.43. The molecule has 2 aliphatic rings. The van der Waals surface area contributed by atoms with Crippen molar-refractivity contribution in [2.75, 3.05) is 20.3 Å². The van der Waals surface area contributed by atoms with E-state index in [0.29, 0.717) is 57.3 Å². The smallest absolute Gasteiger partial charge is 0.333 e. The van der Waals surface area contributed by atoms with E-state index in [4.69, 9.17) is 23.1 Å². The van der Waals surface area contributed by atoms with E-state index in [1.54, 1.807) is 31.7 Å². The van der Waals surface area contributed by atoms with Crippen LogP contribution in [0.1, 0.15) is 64.7 Å². The van der Waals surface area contributed by atoms with Crippen LogP contribution in [0.5, 0.6) is 5.75 Å². The monoisotopic (exact) mass is 833 g/mol. The Morgan fingerprint density at radius 3 is 2.10 bits per heavy atom. The molecule has 13 heteroatoms. The number of aromatic nitrogens is 3. The van der Waals surface area contributed by atoms with E-state index in [2.05, 4.69) is 25.8 Å². The zero-order valence-corrected chi connectivity index (χ0v) is 36.4.